The zero-order valence-electron chi connectivity index (χ0n) is 11.0. The molecule has 0 atom stereocenters. The normalized spacial score (nSPS) is 10.6. The van der Waals surface area contributed by atoms with Gasteiger partial charge in [-0.15, -0.1) is 0 Å². The minimum atomic E-state index is 0.689. The van der Waals surface area contributed by atoms with Crippen molar-refractivity contribution in [3.8, 4) is 11.8 Å². The van der Waals surface area contributed by atoms with Crippen molar-refractivity contribution in [3.63, 3.8) is 0 Å². The highest BCUT2D eigenvalue weighted by atomic mass is 15.0. The van der Waals surface area contributed by atoms with E-state index in [1.807, 2.05) is 24.3 Å². The van der Waals surface area contributed by atoms with E-state index >= 15 is 0 Å². The third-order valence-electron chi connectivity index (χ3n) is 3.40. The molecule has 0 unspecified atom stereocenters. The van der Waals surface area contributed by atoms with Gasteiger partial charge in [0.15, 0.2) is 0 Å². The number of rotatable bonds is 1. The van der Waals surface area contributed by atoms with E-state index in [2.05, 4.69) is 48.7 Å². The number of aromatic nitrogens is 1. The Morgan fingerprint density at radius 3 is 2.37 bits per heavy atom. The molecule has 0 aliphatic rings. The molecular formula is C17H14N2. The quantitative estimate of drug-likeness (QED) is 0.635. The van der Waals surface area contributed by atoms with Crippen LogP contribution >= 0.6 is 0 Å². The lowest BCUT2D eigenvalue weighted by Gasteiger charge is -2.08. The molecule has 2 aromatic carbocycles. The molecule has 3 rings (SSSR count). The van der Waals surface area contributed by atoms with Crippen molar-refractivity contribution >= 4 is 10.9 Å². The number of nitriles is 1. The van der Waals surface area contributed by atoms with Crippen molar-refractivity contribution < 1.29 is 0 Å². The van der Waals surface area contributed by atoms with Crippen LogP contribution in [0, 0.1) is 25.2 Å². The highest BCUT2D eigenvalue weighted by molar-refractivity contribution is 5.84. The summed E-state index contributed by atoms with van der Waals surface area (Å²) in [5.41, 5.74) is 5.44. The number of hydrogen-bond donors (Lipinski definition) is 0. The average Bonchev–Trinajstić information content (AvgIpc) is 2.74. The third-order valence-corrected chi connectivity index (χ3v) is 3.40. The fourth-order valence-electron chi connectivity index (χ4n) is 2.48. The summed E-state index contributed by atoms with van der Waals surface area (Å²) in [5.74, 6) is 0. The lowest BCUT2D eigenvalue weighted by molar-refractivity contribution is 1.05. The molecule has 1 heterocycles. The Labute approximate surface area is 112 Å². The van der Waals surface area contributed by atoms with Gasteiger partial charge < -0.3 is 4.57 Å². The fraction of sp³-hybridized carbons (Fsp3) is 0.118. The molecule has 0 amide bonds. The van der Waals surface area contributed by atoms with Gasteiger partial charge in [-0.3, -0.25) is 0 Å². The third kappa shape index (κ3) is 1.90. The minimum Gasteiger partial charge on any atom is -0.314 e. The van der Waals surface area contributed by atoms with E-state index in [1.54, 1.807) is 0 Å². The first-order valence-electron chi connectivity index (χ1n) is 6.28. The summed E-state index contributed by atoms with van der Waals surface area (Å²) in [5, 5.41) is 10.1. The maximum Gasteiger partial charge on any atom is 0.0991 e. The average molecular weight is 246 g/mol. The van der Waals surface area contributed by atoms with Crippen molar-refractivity contribution in [1.82, 2.24) is 4.57 Å². The van der Waals surface area contributed by atoms with Crippen molar-refractivity contribution in [2.24, 2.45) is 0 Å². The highest BCUT2D eigenvalue weighted by Crippen LogP contribution is 2.25. The first kappa shape index (κ1) is 11.6. The second kappa shape index (κ2) is 4.29. The van der Waals surface area contributed by atoms with Gasteiger partial charge in [-0.05, 0) is 55.8 Å². The molecule has 0 saturated carbocycles. The Morgan fingerprint density at radius 1 is 0.947 bits per heavy atom. The zero-order chi connectivity index (χ0) is 13.4. The molecule has 92 valence electrons. The predicted octanol–water partition coefficient (Wildman–Crippen LogP) is 4.12. The van der Waals surface area contributed by atoms with Gasteiger partial charge in [-0.2, -0.15) is 5.26 Å². The van der Waals surface area contributed by atoms with E-state index in [9.17, 15) is 0 Å². The molecule has 19 heavy (non-hydrogen) atoms. The molecule has 0 spiro atoms. The number of fused-ring (bicyclic) bond motifs is 1. The summed E-state index contributed by atoms with van der Waals surface area (Å²) in [6.45, 7) is 4.21. The zero-order valence-corrected chi connectivity index (χ0v) is 11.0. The Kier molecular flexibility index (Phi) is 2.61. The smallest absolute Gasteiger partial charge is 0.0991 e. The Balaban J connectivity index is 2.26. The SMILES string of the molecule is Cc1ccc2cc(C)n(-c3ccc(C#N)cc3)c2c1. The van der Waals surface area contributed by atoms with Gasteiger partial charge >= 0.3 is 0 Å². The van der Waals surface area contributed by atoms with E-state index in [1.165, 1.54) is 22.2 Å². The molecule has 1 aromatic heterocycles. The van der Waals surface area contributed by atoms with E-state index in [4.69, 9.17) is 5.26 Å². The van der Waals surface area contributed by atoms with Crippen molar-refractivity contribution in [2.45, 2.75) is 13.8 Å². The van der Waals surface area contributed by atoms with Crippen LogP contribution in [0.3, 0.4) is 0 Å². The second-order valence-electron chi connectivity index (χ2n) is 4.84. The summed E-state index contributed by atoms with van der Waals surface area (Å²) < 4.78 is 2.23. The van der Waals surface area contributed by atoms with Gasteiger partial charge in [0, 0.05) is 16.8 Å². The Bertz CT molecular complexity index is 786. The predicted molar refractivity (Wildman–Crippen MR) is 77.5 cm³/mol. The first-order chi connectivity index (χ1) is 9.19. The van der Waals surface area contributed by atoms with Crippen molar-refractivity contribution in [1.29, 1.82) is 5.26 Å². The maximum atomic E-state index is 8.86. The Hall–Kier alpha value is -2.53. The lowest BCUT2D eigenvalue weighted by Crippen LogP contribution is -1.96. The van der Waals surface area contributed by atoms with E-state index in [0.29, 0.717) is 5.56 Å². The van der Waals surface area contributed by atoms with Gasteiger partial charge in [0.25, 0.3) is 0 Å². The summed E-state index contributed by atoms with van der Waals surface area (Å²) >= 11 is 0. The number of hydrogen-bond acceptors (Lipinski definition) is 1. The highest BCUT2D eigenvalue weighted by Gasteiger charge is 2.07. The molecule has 0 aliphatic heterocycles. The van der Waals surface area contributed by atoms with E-state index in [0.717, 1.165) is 5.69 Å². The van der Waals surface area contributed by atoms with Crippen LogP contribution in [-0.4, -0.2) is 4.57 Å². The van der Waals surface area contributed by atoms with Crippen LogP contribution in [-0.2, 0) is 0 Å². The summed E-state index contributed by atoms with van der Waals surface area (Å²) in [4.78, 5) is 0. The largest absolute Gasteiger partial charge is 0.314 e. The van der Waals surface area contributed by atoms with Gasteiger partial charge in [-0.25, -0.2) is 0 Å². The van der Waals surface area contributed by atoms with Gasteiger partial charge in [-0.1, -0.05) is 12.1 Å². The number of benzene rings is 2. The molecule has 0 aliphatic carbocycles. The number of aryl methyl sites for hydroxylation is 2. The monoisotopic (exact) mass is 246 g/mol. The molecule has 0 N–H and O–H groups in total. The lowest BCUT2D eigenvalue weighted by atomic mass is 10.2. The maximum absolute atomic E-state index is 8.86. The minimum absolute atomic E-state index is 0.689. The summed E-state index contributed by atoms with van der Waals surface area (Å²) in [7, 11) is 0. The standard InChI is InChI=1S/C17H14N2/c1-12-3-6-15-10-13(2)19(17(15)9-12)16-7-4-14(11-18)5-8-16/h3-10H,1-2H3. The van der Waals surface area contributed by atoms with Crippen LogP contribution in [0.5, 0.6) is 0 Å². The van der Waals surface area contributed by atoms with Crippen LogP contribution in [0.1, 0.15) is 16.8 Å². The van der Waals surface area contributed by atoms with Crippen LogP contribution < -0.4 is 0 Å². The van der Waals surface area contributed by atoms with Crippen LogP contribution in [0.2, 0.25) is 0 Å². The second-order valence-corrected chi connectivity index (χ2v) is 4.84. The van der Waals surface area contributed by atoms with Crippen LogP contribution in [0.4, 0.5) is 0 Å². The van der Waals surface area contributed by atoms with Crippen molar-refractivity contribution in [3.05, 3.63) is 65.4 Å². The number of nitrogens with zero attached hydrogens (tertiary/aromatic N) is 2. The van der Waals surface area contributed by atoms with Gasteiger partial charge in [0.1, 0.15) is 0 Å². The molecule has 3 aromatic rings. The molecule has 2 heteroatoms. The van der Waals surface area contributed by atoms with Crippen LogP contribution in [0.25, 0.3) is 16.6 Å². The van der Waals surface area contributed by atoms with Gasteiger partial charge in [0.05, 0.1) is 17.1 Å². The molecule has 2 nitrogen and oxygen atoms in total. The van der Waals surface area contributed by atoms with Crippen LogP contribution in [0.15, 0.2) is 48.5 Å². The fourth-order valence-corrected chi connectivity index (χ4v) is 2.48. The first-order valence-corrected chi connectivity index (χ1v) is 6.28. The molecule has 0 bridgehead atoms. The molecule has 0 fully saturated rings. The van der Waals surface area contributed by atoms with E-state index < -0.39 is 0 Å². The van der Waals surface area contributed by atoms with Gasteiger partial charge in [0.2, 0.25) is 0 Å². The molecular weight excluding hydrogens is 232 g/mol. The summed E-state index contributed by atoms with van der Waals surface area (Å²) in [6, 6.07) is 18.5. The Morgan fingerprint density at radius 2 is 1.68 bits per heavy atom. The molecule has 0 radical (unpaired) electrons. The molecule has 0 saturated heterocycles. The van der Waals surface area contributed by atoms with Crippen molar-refractivity contribution in [2.75, 3.05) is 0 Å². The topological polar surface area (TPSA) is 28.7 Å². The summed E-state index contributed by atoms with van der Waals surface area (Å²) in [6.07, 6.45) is 0. The van der Waals surface area contributed by atoms with E-state index in [-0.39, 0.29) is 0 Å².